The average molecular weight is 503 g/mol. The Morgan fingerprint density at radius 3 is 2.52 bits per heavy atom. The van der Waals surface area contributed by atoms with Crippen molar-refractivity contribution in [3.8, 4) is 11.5 Å². The first-order valence-corrected chi connectivity index (χ1v) is 9.97. The van der Waals surface area contributed by atoms with Gasteiger partial charge in [0.25, 0.3) is 0 Å². The van der Waals surface area contributed by atoms with Crippen LogP contribution in [-0.2, 0) is 9.53 Å². The van der Waals surface area contributed by atoms with Crippen molar-refractivity contribution in [1.82, 2.24) is 5.32 Å². The number of carbonyl (C=O) groups excluding carboxylic acids is 2. The van der Waals surface area contributed by atoms with Gasteiger partial charge in [0.15, 0.2) is 17.3 Å². The molecule has 0 unspecified atom stereocenters. The lowest BCUT2D eigenvalue weighted by molar-refractivity contribution is -0.136. The third-order valence-corrected chi connectivity index (χ3v) is 6.08. The van der Waals surface area contributed by atoms with Crippen LogP contribution in [0.1, 0.15) is 34.3 Å². The predicted molar refractivity (Wildman–Crippen MR) is 116 cm³/mol. The molecule has 1 atom stereocenters. The second-order valence-corrected chi connectivity index (χ2v) is 7.97. The highest BCUT2D eigenvalue weighted by atomic mass is 127. The van der Waals surface area contributed by atoms with E-state index in [1.165, 1.54) is 14.2 Å². The van der Waals surface area contributed by atoms with Crippen molar-refractivity contribution in [2.45, 2.75) is 12.8 Å². The van der Waals surface area contributed by atoms with Crippen molar-refractivity contribution in [3.05, 3.63) is 73.5 Å². The second kappa shape index (κ2) is 7.22. The van der Waals surface area contributed by atoms with E-state index in [-0.39, 0.29) is 17.3 Å². The summed E-state index contributed by atoms with van der Waals surface area (Å²) in [5.41, 5.74) is 4.22. The summed E-state index contributed by atoms with van der Waals surface area (Å²) >= 11 is 2.00. The molecule has 0 aromatic heterocycles. The van der Waals surface area contributed by atoms with Gasteiger partial charge >= 0.3 is 5.97 Å². The number of phenols is 1. The molecule has 0 bridgehead atoms. The van der Waals surface area contributed by atoms with E-state index in [0.29, 0.717) is 37.2 Å². The van der Waals surface area contributed by atoms with Crippen molar-refractivity contribution in [2.75, 3.05) is 14.2 Å². The van der Waals surface area contributed by atoms with Crippen LogP contribution >= 0.6 is 22.6 Å². The summed E-state index contributed by atoms with van der Waals surface area (Å²) < 4.78 is 10.9. The van der Waals surface area contributed by atoms with Gasteiger partial charge in [0.1, 0.15) is 0 Å². The number of allylic oxidation sites excluding steroid dienone is 2. The number of esters is 1. The summed E-state index contributed by atoms with van der Waals surface area (Å²) in [5.74, 6) is -1.01. The minimum Gasteiger partial charge on any atom is -0.504 e. The third kappa shape index (κ3) is 2.91. The molecule has 6 nitrogen and oxygen atoms in total. The number of hydrogen-bond donors (Lipinski definition) is 2. The lowest BCUT2D eigenvalue weighted by Crippen LogP contribution is -2.29. The van der Waals surface area contributed by atoms with Gasteiger partial charge in [-0.1, -0.05) is 24.3 Å². The van der Waals surface area contributed by atoms with Gasteiger partial charge < -0.3 is 19.9 Å². The van der Waals surface area contributed by atoms with E-state index in [0.717, 1.165) is 5.56 Å². The molecule has 2 aliphatic rings. The molecule has 0 spiro atoms. The van der Waals surface area contributed by atoms with Crippen LogP contribution in [0, 0.1) is 3.57 Å². The molecule has 2 aromatic carbocycles. The van der Waals surface area contributed by atoms with Crippen LogP contribution < -0.4 is 10.1 Å². The van der Waals surface area contributed by atoms with E-state index in [2.05, 4.69) is 5.32 Å². The molecule has 4 rings (SSSR count). The minimum atomic E-state index is -0.651. The van der Waals surface area contributed by atoms with Crippen LogP contribution in [0.5, 0.6) is 11.5 Å². The van der Waals surface area contributed by atoms with Crippen molar-refractivity contribution in [3.63, 3.8) is 0 Å². The lowest BCUT2D eigenvalue weighted by atomic mass is 9.79. The second-order valence-electron chi connectivity index (χ2n) is 6.81. The third-order valence-electron chi connectivity index (χ3n) is 5.26. The summed E-state index contributed by atoms with van der Waals surface area (Å²) in [6.45, 7) is 1.79. The van der Waals surface area contributed by atoms with Crippen LogP contribution in [0.25, 0.3) is 5.70 Å². The van der Waals surface area contributed by atoms with Gasteiger partial charge in [0.05, 0.1) is 29.1 Å². The number of phenolic OH excluding ortho intramolecular Hbond substituents is 1. The highest BCUT2D eigenvalue weighted by Crippen LogP contribution is 2.48. The number of methoxy groups -OCH3 is 2. The zero-order chi connectivity index (χ0) is 20.9. The Balaban J connectivity index is 1.99. The Morgan fingerprint density at radius 1 is 1.17 bits per heavy atom. The van der Waals surface area contributed by atoms with E-state index in [4.69, 9.17) is 9.47 Å². The van der Waals surface area contributed by atoms with Crippen LogP contribution in [0.4, 0.5) is 0 Å². The molecule has 0 saturated carbocycles. The SMILES string of the molecule is COC(=O)C1=C(C)NC2=C(C(=O)c3ccccc32)[C@@H]1c1cc(I)c(O)c(OC)c1. The molecule has 7 heteroatoms. The molecule has 1 aliphatic carbocycles. The van der Waals surface area contributed by atoms with Crippen LogP contribution in [-0.4, -0.2) is 31.1 Å². The van der Waals surface area contributed by atoms with Crippen LogP contribution in [0.15, 0.2) is 53.2 Å². The number of aromatic hydroxyl groups is 1. The maximum Gasteiger partial charge on any atom is 0.336 e. The summed E-state index contributed by atoms with van der Waals surface area (Å²) in [5, 5.41) is 13.5. The molecule has 0 amide bonds. The zero-order valence-corrected chi connectivity index (χ0v) is 18.2. The van der Waals surface area contributed by atoms with Crippen molar-refractivity contribution in [2.24, 2.45) is 0 Å². The van der Waals surface area contributed by atoms with Crippen molar-refractivity contribution >= 4 is 40.0 Å². The first-order valence-electron chi connectivity index (χ1n) is 8.89. The fourth-order valence-electron chi connectivity index (χ4n) is 3.96. The lowest BCUT2D eigenvalue weighted by Gasteiger charge is -2.29. The Labute approximate surface area is 181 Å². The van der Waals surface area contributed by atoms with Crippen molar-refractivity contribution < 1.29 is 24.2 Å². The highest BCUT2D eigenvalue weighted by molar-refractivity contribution is 14.1. The number of dihydropyridines is 1. The van der Waals surface area contributed by atoms with Crippen LogP contribution in [0.2, 0.25) is 0 Å². The molecule has 0 fully saturated rings. The molecule has 1 aliphatic heterocycles. The number of benzene rings is 2. The van der Waals surface area contributed by atoms with Gasteiger partial charge in [-0.15, -0.1) is 0 Å². The molecule has 2 N–H and O–H groups in total. The number of rotatable bonds is 3. The average Bonchev–Trinajstić information content (AvgIpc) is 3.00. The molecular formula is C22H18INO5. The number of hydrogen-bond acceptors (Lipinski definition) is 6. The minimum absolute atomic E-state index is 0.0151. The summed E-state index contributed by atoms with van der Waals surface area (Å²) in [6, 6.07) is 10.8. The van der Waals surface area contributed by atoms with Crippen LogP contribution in [0.3, 0.4) is 0 Å². The van der Waals surface area contributed by atoms with Gasteiger partial charge in [-0.25, -0.2) is 4.79 Å². The fourth-order valence-corrected chi connectivity index (χ4v) is 4.58. The van der Waals surface area contributed by atoms with Crippen molar-refractivity contribution in [1.29, 1.82) is 0 Å². The summed E-state index contributed by atoms with van der Waals surface area (Å²) in [4.78, 5) is 26.0. The molecule has 29 heavy (non-hydrogen) atoms. The first kappa shape index (κ1) is 19.5. The number of nitrogens with one attached hydrogen (secondary N) is 1. The smallest absolute Gasteiger partial charge is 0.336 e. The van der Waals surface area contributed by atoms with E-state index in [9.17, 15) is 14.7 Å². The molecule has 0 saturated heterocycles. The summed E-state index contributed by atoms with van der Waals surface area (Å²) in [7, 11) is 2.77. The van der Waals surface area contributed by atoms with Gasteiger partial charge in [-0.05, 0) is 47.2 Å². The number of fused-ring (bicyclic) bond motifs is 2. The quantitative estimate of drug-likeness (QED) is 0.491. The van der Waals surface area contributed by atoms with E-state index < -0.39 is 11.9 Å². The van der Waals surface area contributed by atoms with Gasteiger partial charge in [-0.3, -0.25) is 4.79 Å². The topological polar surface area (TPSA) is 84.9 Å². The monoisotopic (exact) mass is 503 g/mol. The maximum atomic E-state index is 13.3. The Hall–Kier alpha value is -2.81. The zero-order valence-electron chi connectivity index (χ0n) is 16.0. The van der Waals surface area contributed by atoms with Gasteiger partial charge in [0.2, 0.25) is 0 Å². The maximum absolute atomic E-state index is 13.3. The number of ether oxygens (including phenoxy) is 2. The van der Waals surface area contributed by atoms with Gasteiger partial charge in [0, 0.05) is 28.3 Å². The van der Waals surface area contributed by atoms with E-state index in [1.54, 1.807) is 25.1 Å². The molecule has 1 heterocycles. The Bertz CT molecular complexity index is 1130. The van der Waals surface area contributed by atoms with E-state index >= 15 is 0 Å². The fraction of sp³-hybridized carbons (Fsp3) is 0.182. The highest BCUT2D eigenvalue weighted by Gasteiger charge is 2.43. The first-order chi connectivity index (χ1) is 13.9. The predicted octanol–water partition coefficient (Wildman–Crippen LogP) is 3.75. The standard InChI is InChI=1S/C22H18INO5/c1-10-16(22(27)29-3)17(11-8-14(23)21(26)15(9-11)28-2)18-19(24-10)12-6-4-5-7-13(12)20(18)25/h4-9,17,24,26H,1-3H3/t17-/m1/s1. The molecule has 0 radical (unpaired) electrons. The number of carbonyl (C=O) groups is 2. The molecular weight excluding hydrogens is 485 g/mol. The molecule has 2 aromatic rings. The Morgan fingerprint density at radius 2 is 1.86 bits per heavy atom. The Kier molecular flexibility index (Phi) is 4.85. The number of ketones is 1. The summed E-state index contributed by atoms with van der Waals surface area (Å²) in [6.07, 6.45) is 0. The van der Waals surface area contributed by atoms with Gasteiger partial charge in [-0.2, -0.15) is 0 Å². The normalized spacial score (nSPS) is 17.7. The number of Topliss-reactive ketones (excluding diaryl/α,β-unsaturated/α-hetero) is 1. The van der Waals surface area contributed by atoms with E-state index in [1.807, 2.05) is 40.8 Å². The molecule has 148 valence electrons. The largest absolute Gasteiger partial charge is 0.504 e. The number of halogens is 1.